The van der Waals surface area contributed by atoms with Crippen molar-refractivity contribution in [2.75, 3.05) is 6.54 Å². The number of esters is 1. The van der Waals surface area contributed by atoms with Crippen molar-refractivity contribution in [2.24, 2.45) is 0 Å². The van der Waals surface area contributed by atoms with E-state index >= 15 is 0 Å². The van der Waals surface area contributed by atoms with Crippen LogP contribution in [0.3, 0.4) is 0 Å². The number of rotatable bonds is 7. The van der Waals surface area contributed by atoms with E-state index in [-0.39, 0.29) is 23.6 Å². The molecular weight excluding hydrogens is 416 g/mol. The molecule has 156 valence electrons. The van der Waals surface area contributed by atoms with Crippen LogP contribution in [0.5, 0.6) is 0 Å². The van der Waals surface area contributed by atoms with Gasteiger partial charge in [0.2, 0.25) is 10.0 Å². The number of carbonyl (C=O) groups excluding carboxylic acids is 1. The molecule has 9 heteroatoms. The van der Waals surface area contributed by atoms with Gasteiger partial charge in [-0.2, -0.15) is 15.1 Å². The second-order valence-electron chi connectivity index (χ2n) is 6.40. The summed E-state index contributed by atoms with van der Waals surface area (Å²) >= 11 is 0. The van der Waals surface area contributed by atoms with Gasteiger partial charge in [0.05, 0.1) is 34.1 Å². The Morgan fingerprint density at radius 3 is 2.65 bits per heavy atom. The molecule has 0 fully saturated rings. The topological polar surface area (TPSA) is 114 Å². The molecule has 0 saturated heterocycles. The molecule has 0 unspecified atom stereocenters. The van der Waals surface area contributed by atoms with Crippen molar-refractivity contribution < 1.29 is 17.9 Å². The number of nitrogens with zero attached hydrogens (tertiary/aromatic N) is 3. The van der Waals surface area contributed by atoms with Gasteiger partial charge in [-0.25, -0.2) is 17.9 Å². The van der Waals surface area contributed by atoms with Gasteiger partial charge in [-0.05, 0) is 37.3 Å². The van der Waals surface area contributed by atoms with E-state index in [9.17, 15) is 18.5 Å². The summed E-state index contributed by atoms with van der Waals surface area (Å²) in [4.78, 5) is 12.5. The molecule has 0 aliphatic heterocycles. The summed E-state index contributed by atoms with van der Waals surface area (Å²) < 4.78 is 33.6. The smallest absolute Gasteiger partial charge is 0.338 e. The first-order chi connectivity index (χ1) is 14.9. The molecule has 0 spiro atoms. The Morgan fingerprint density at radius 1 is 1.23 bits per heavy atom. The van der Waals surface area contributed by atoms with Crippen LogP contribution in [0.1, 0.15) is 27.3 Å². The molecule has 1 N–H and O–H groups in total. The van der Waals surface area contributed by atoms with Gasteiger partial charge in [-0.15, -0.1) is 6.42 Å². The summed E-state index contributed by atoms with van der Waals surface area (Å²) in [6.45, 7) is 1.31. The molecule has 0 atom stereocenters. The summed E-state index contributed by atoms with van der Waals surface area (Å²) in [5, 5.41) is 13.9. The van der Waals surface area contributed by atoms with Gasteiger partial charge in [0.15, 0.2) is 0 Å². The first kappa shape index (κ1) is 21.8. The highest BCUT2D eigenvalue weighted by molar-refractivity contribution is 7.89. The number of para-hydroxylation sites is 1. The maximum atomic E-state index is 12.6. The SMILES string of the molecule is C#CCNS(=O)(=O)c1cccc(C(=O)OCc2c(C#N)c(C)nn2-c2ccccc2)c1. The molecule has 0 aliphatic carbocycles. The lowest BCUT2D eigenvalue weighted by molar-refractivity contribution is 0.0464. The number of carbonyl (C=O) groups is 1. The molecule has 8 nitrogen and oxygen atoms in total. The van der Waals surface area contributed by atoms with Crippen molar-refractivity contribution in [1.82, 2.24) is 14.5 Å². The van der Waals surface area contributed by atoms with Crippen molar-refractivity contribution in [1.29, 1.82) is 5.26 Å². The molecule has 1 heterocycles. The minimum atomic E-state index is -3.85. The number of aryl methyl sites for hydroxylation is 1. The fraction of sp³-hybridized carbons (Fsp3) is 0.136. The van der Waals surface area contributed by atoms with Crippen LogP contribution in [0, 0.1) is 30.6 Å². The molecule has 0 bridgehead atoms. The molecule has 3 aromatic rings. The Hall–Kier alpha value is -3.92. The number of ether oxygens (including phenoxy) is 1. The molecule has 3 rings (SSSR count). The van der Waals surface area contributed by atoms with Gasteiger partial charge in [0.1, 0.15) is 18.2 Å². The van der Waals surface area contributed by atoms with Gasteiger partial charge in [-0.1, -0.05) is 30.2 Å². The minimum absolute atomic E-state index is 0.0459. The first-order valence-electron chi connectivity index (χ1n) is 9.11. The van der Waals surface area contributed by atoms with E-state index in [0.29, 0.717) is 22.6 Å². The van der Waals surface area contributed by atoms with E-state index in [2.05, 4.69) is 21.8 Å². The van der Waals surface area contributed by atoms with Gasteiger partial charge < -0.3 is 4.74 Å². The predicted octanol–water partition coefficient (Wildman–Crippen LogP) is 2.32. The highest BCUT2D eigenvalue weighted by Gasteiger charge is 2.20. The fourth-order valence-electron chi connectivity index (χ4n) is 2.86. The number of hydrogen-bond acceptors (Lipinski definition) is 6. The average molecular weight is 434 g/mol. The first-order valence-corrected chi connectivity index (χ1v) is 10.6. The molecule has 0 aliphatic rings. The van der Waals surface area contributed by atoms with Crippen LogP contribution >= 0.6 is 0 Å². The highest BCUT2D eigenvalue weighted by atomic mass is 32.2. The summed E-state index contributed by atoms with van der Waals surface area (Å²) in [6.07, 6.45) is 5.09. The third kappa shape index (κ3) is 4.81. The van der Waals surface area contributed by atoms with E-state index in [1.54, 1.807) is 11.6 Å². The zero-order valence-corrected chi connectivity index (χ0v) is 17.4. The second-order valence-corrected chi connectivity index (χ2v) is 8.17. The van der Waals surface area contributed by atoms with Gasteiger partial charge in [0.25, 0.3) is 0 Å². The van der Waals surface area contributed by atoms with Crippen molar-refractivity contribution in [2.45, 2.75) is 18.4 Å². The summed E-state index contributed by atoms with van der Waals surface area (Å²) in [5.74, 6) is 1.44. The maximum absolute atomic E-state index is 12.6. The van der Waals surface area contributed by atoms with Crippen molar-refractivity contribution in [3.63, 3.8) is 0 Å². The Balaban J connectivity index is 1.85. The van der Waals surface area contributed by atoms with Gasteiger partial charge in [0, 0.05) is 0 Å². The lowest BCUT2D eigenvalue weighted by atomic mass is 10.2. The summed E-state index contributed by atoms with van der Waals surface area (Å²) in [7, 11) is -3.85. The lowest BCUT2D eigenvalue weighted by Crippen LogP contribution is -2.24. The van der Waals surface area contributed by atoms with E-state index < -0.39 is 16.0 Å². The molecule has 0 amide bonds. The standard InChI is InChI=1S/C22H18N4O4S/c1-3-12-24-31(28,29)19-11-7-8-17(13-19)22(27)30-15-21-20(14-23)16(2)25-26(21)18-9-5-4-6-10-18/h1,4-11,13,24H,12,15H2,2H3. The van der Waals surface area contributed by atoms with Crippen LogP contribution in [-0.4, -0.2) is 30.7 Å². The molecule has 2 aromatic carbocycles. The third-order valence-electron chi connectivity index (χ3n) is 4.35. The van der Waals surface area contributed by atoms with Crippen LogP contribution in [0.4, 0.5) is 0 Å². The van der Waals surface area contributed by atoms with Crippen LogP contribution in [0.2, 0.25) is 0 Å². The number of hydrogen-bond donors (Lipinski definition) is 1. The summed E-state index contributed by atoms with van der Waals surface area (Å²) in [6, 6.07) is 16.6. The van der Waals surface area contributed by atoms with Crippen molar-refractivity contribution >= 4 is 16.0 Å². The van der Waals surface area contributed by atoms with E-state index in [0.717, 1.165) is 0 Å². The zero-order chi connectivity index (χ0) is 22.4. The minimum Gasteiger partial charge on any atom is -0.456 e. The van der Waals surface area contributed by atoms with Crippen LogP contribution in [0.15, 0.2) is 59.5 Å². The van der Waals surface area contributed by atoms with E-state index in [4.69, 9.17) is 11.2 Å². The Morgan fingerprint density at radius 2 is 1.97 bits per heavy atom. The normalized spacial score (nSPS) is 10.8. The van der Waals surface area contributed by atoms with Gasteiger partial charge >= 0.3 is 5.97 Å². The highest BCUT2D eigenvalue weighted by Crippen LogP contribution is 2.20. The van der Waals surface area contributed by atoms with Gasteiger partial charge in [-0.3, -0.25) is 0 Å². The Bertz CT molecular complexity index is 1300. The molecule has 0 saturated carbocycles. The monoisotopic (exact) mass is 434 g/mol. The summed E-state index contributed by atoms with van der Waals surface area (Å²) in [5.41, 5.74) is 1.99. The molecule has 1 aromatic heterocycles. The number of benzene rings is 2. The molecule has 31 heavy (non-hydrogen) atoms. The lowest BCUT2D eigenvalue weighted by Gasteiger charge is -2.10. The largest absolute Gasteiger partial charge is 0.456 e. The van der Waals surface area contributed by atoms with E-state index in [1.165, 1.54) is 24.3 Å². The van der Waals surface area contributed by atoms with Crippen LogP contribution in [0.25, 0.3) is 5.69 Å². The zero-order valence-electron chi connectivity index (χ0n) is 16.6. The Kier molecular flexibility index (Phi) is 6.51. The quantitative estimate of drug-likeness (QED) is 0.451. The number of terminal acetylenes is 1. The molecule has 0 radical (unpaired) electrons. The second kappa shape index (κ2) is 9.26. The predicted molar refractivity (Wildman–Crippen MR) is 113 cm³/mol. The fourth-order valence-corrected chi connectivity index (χ4v) is 3.84. The van der Waals surface area contributed by atoms with Crippen LogP contribution in [-0.2, 0) is 21.4 Å². The van der Waals surface area contributed by atoms with Crippen molar-refractivity contribution in [3.8, 4) is 24.1 Å². The average Bonchev–Trinajstić information content (AvgIpc) is 3.11. The number of aromatic nitrogens is 2. The molecular formula is C22H18N4O4S. The maximum Gasteiger partial charge on any atom is 0.338 e. The van der Waals surface area contributed by atoms with E-state index in [1.807, 2.05) is 30.3 Å². The third-order valence-corrected chi connectivity index (χ3v) is 5.75. The van der Waals surface area contributed by atoms with Crippen LogP contribution < -0.4 is 4.72 Å². The van der Waals surface area contributed by atoms with Crippen molar-refractivity contribution in [3.05, 3.63) is 77.1 Å². The number of sulfonamides is 1. The number of nitriles is 1. The Labute approximate surface area is 180 Å². The number of nitrogens with one attached hydrogen (secondary N) is 1.